The maximum absolute atomic E-state index is 12.5. The Morgan fingerprint density at radius 1 is 0.963 bits per heavy atom. The molecule has 0 spiro atoms. The zero-order chi connectivity index (χ0) is 19.1. The monoisotopic (exact) mass is 363 g/mol. The summed E-state index contributed by atoms with van der Waals surface area (Å²) in [6.07, 6.45) is 1.69. The summed E-state index contributed by atoms with van der Waals surface area (Å²) in [6, 6.07) is 18.7. The first kappa shape index (κ1) is 18.3. The van der Waals surface area contributed by atoms with Gasteiger partial charge in [-0.05, 0) is 29.8 Å². The van der Waals surface area contributed by atoms with Gasteiger partial charge in [0, 0.05) is 18.2 Å². The molecule has 27 heavy (non-hydrogen) atoms. The number of carbonyl (C=O) groups excluding carboxylic acids is 1. The van der Waals surface area contributed by atoms with Crippen LogP contribution in [0.4, 0.5) is 11.5 Å². The summed E-state index contributed by atoms with van der Waals surface area (Å²) in [6.45, 7) is 0.706. The molecule has 0 bridgehead atoms. The smallest absolute Gasteiger partial charge is 0.257 e. The molecule has 6 nitrogen and oxygen atoms in total. The standard InChI is InChI=1S/C21H21N3O3/c1-26-18-10-16(11-19(12-18)27-2)21(25)24-20-9-8-17(14-23-20)22-13-15-6-4-3-5-7-15/h3-12,14,22H,13H2,1-2H3,(H,23,24,25). The Labute approximate surface area is 158 Å². The highest BCUT2D eigenvalue weighted by molar-refractivity contribution is 6.04. The van der Waals surface area contributed by atoms with Gasteiger partial charge in [-0.1, -0.05) is 30.3 Å². The van der Waals surface area contributed by atoms with E-state index in [1.54, 1.807) is 44.7 Å². The van der Waals surface area contributed by atoms with Gasteiger partial charge in [-0.15, -0.1) is 0 Å². The number of anilines is 2. The SMILES string of the molecule is COc1cc(OC)cc(C(=O)Nc2ccc(NCc3ccccc3)cn2)c1. The lowest BCUT2D eigenvalue weighted by Crippen LogP contribution is -2.13. The normalized spacial score (nSPS) is 10.1. The van der Waals surface area contributed by atoms with E-state index in [1.807, 2.05) is 24.3 Å². The molecule has 0 aliphatic rings. The number of methoxy groups -OCH3 is 2. The second-order valence-corrected chi connectivity index (χ2v) is 5.83. The van der Waals surface area contributed by atoms with E-state index in [4.69, 9.17) is 9.47 Å². The Hall–Kier alpha value is -3.54. The Balaban J connectivity index is 1.63. The minimum atomic E-state index is -0.287. The van der Waals surface area contributed by atoms with Crippen molar-refractivity contribution in [1.29, 1.82) is 0 Å². The second-order valence-electron chi connectivity index (χ2n) is 5.83. The molecule has 0 unspecified atom stereocenters. The molecule has 3 aromatic rings. The van der Waals surface area contributed by atoms with Crippen LogP contribution in [0.25, 0.3) is 0 Å². The van der Waals surface area contributed by atoms with Gasteiger partial charge < -0.3 is 20.1 Å². The molecule has 3 rings (SSSR count). The van der Waals surface area contributed by atoms with Gasteiger partial charge in [0.2, 0.25) is 0 Å². The highest BCUT2D eigenvalue weighted by Gasteiger charge is 2.11. The molecule has 2 N–H and O–H groups in total. The average Bonchev–Trinajstić information content (AvgIpc) is 2.73. The van der Waals surface area contributed by atoms with E-state index >= 15 is 0 Å². The van der Waals surface area contributed by atoms with E-state index in [2.05, 4.69) is 27.8 Å². The first-order valence-electron chi connectivity index (χ1n) is 8.46. The number of hydrogen-bond donors (Lipinski definition) is 2. The summed E-state index contributed by atoms with van der Waals surface area (Å²) in [7, 11) is 3.08. The third-order valence-corrected chi connectivity index (χ3v) is 3.96. The van der Waals surface area contributed by atoms with E-state index in [0.717, 1.165) is 5.69 Å². The van der Waals surface area contributed by atoms with E-state index in [-0.39, 0.29) is 5.91 Å². The Morgan fingerprint density at radius 3 is 2.26 bits per heavy atom. The van der Waals surface area contributed by atoms with Crippen LogP contribution >= 0.6 is 0 Å². The first-order valence-corrected chi connectivity index (χ1v) is 8.46. The van der Waals surface area contributed by atoms with Crippen LogP contribution in [0.15, 0.2) is 66.9 Å². The molecule has 1 aromatic heterocycles. The Kier molecular flexibility index (Phi) is 5.89. The summed E-state index contributed by atoms with van der Waals surface area (Å²) >= 11 is 0. The molecule has 0 aliphatic heterocycles. The van der Waals surface area contributed by atoms with Gasteiger partial charge in [0.1, 0.15) is 17.3 Å². The van der Waals surface area contributed by atoms with Crippen molar-refractivity contribution in [2.45, 2.75) is 6.54 Å². The summed E-state index contributed by atoms with van der Waals surface area (Å²) in [4.78, 5) is 16.8. The van der Waals surface area contributed by atoms with Gasteiger partial charge in [-0.25, -0.2) is 4.98 Å². The van der Waals surface area contributed by atoms with Crippen LogP contribution in [-0.4, -0.2) is 25.1 Å². The van der Waals surface area contributed by atoms with Crippen molar-refractivity contribution in [3.05, 3.63) is 78.0 Å². The van der Waals surface area contributed by atoms with Crippen LogP contribution in [-0.2, 0) is 6.54 Å². The fourth-order valence-corrected chi connectivity index (χ4v) is 2.50. The van der Waals surface area contributed by atoms with Crippen molar-refractivity contribution in [2.75, 3.05) is 24.9 Å². The fraction of sp³-hybridized carbons (Fsp3) is 0.143. The molecular weight excluding hydrogens is 342 g/mol. The highest BCUT2D eigenvalue weighted by Crippen LogP contribution is 2.23. The van der Waals surface area contributed by atoms with Crippen LogP contribution < -0.4 is 20.1 Å². The number of hydrogen-bond acceptors (Lipinski definition) is 5. The van der Waals surface area contributed by atoms with Crippen molar-refractivity contribution in [2.24, 2.45) is 0 Å². The number of aromatic nitrogens is 1. The third kappa shape index (κ3) is 4.98. The van der Waals surface area contributed by atoms with E-state index in [1.165, 1.54) is 5.56 Å². The molecule has 0 saturated carbocycles. The Bertz CT molecular complexity index is 874. The van der Waals surface area contributed by atoms with Gasteiger partial charge in [0.05, 0.1) is 26.1 Å². The molecule has 0 saturated heterocycles. The molecule has 2 aromatic carbocycles. The van der Waals surface area contributed by atoms with Gasteiger partial charge in [-0.3, -0.25) is 4.79 Å². The highest BCUT2D eigenvalue weighted by atomic mass is 16.5. The first-order chi connectivity index (χ1) is 13.2. The topological polar surface area (TPSA) is 72.5 Å². The number of nitrogens with one attached hydrogen (secondary N) is 2. The van der Waals surface area contributed by atoms with Crippen LogP contribution in [0, 0.1) is 0 Å². The molecular formula is C21H21N3O3. The lowest BCUT2D eigenvalue weighted by Gasteiger charge is -2.10. The number of carbonyl (C=O) groups is 1. The van der Waals surface area contributed by atoms with Crippen LogP contribution in [0.3, 0.4) is 0 Å². The van der Waals surface area contributed by atoms with E-state index in [9.17, 15) is 4.79 Å². The van der Waals surface area contributed by atoms with Gasteiger partial charge >= 0.3 is 0 Å². The number of amides is 1. The van der Waals surface area contributed by atoms with Crippen LogP contribution in [0.5, 0.6) is 11.5 Å². The van der Waals surface area contributed by atoms with E-state index < -0.39 is 0 Å². The fourth-order valence-electron chi connectivity index (χ4n) is 2.50. The van der Waals surface area contributed by atoms with Crippen LogP contribution in [0.2, 0.25) is 0 Å². The number of nitrogens with zero attached hydrogens (tertiary/aromatic N) is 1. The van der Waals surface area contributed by atoms with Crippen molar-refractivity contribution >= 4 is 17.4 Å². The summed E-state index contributed by atoms with van der Waals surface area (Å²) in [5.74, 6) is 1.28. The number of ether oxygens (including phenoxy) is 2. The maximum atomic E-state index is 12.5. The van der Waals surface area contributed by atoms with Crippen molar-refractivity contribution in [1.82, 2.24) is 4.98 Å². The molecule has 1 amide bonds. The van der Waals surface area contributed by atoms with Gasteiger partial charge in [0.25, 0.3) is 5.91 Å². The minimum absolute atomic E-state index is 0.287. The van der Waals surface area contributed by atoms with E-state index in [0.29, 0.717) is 29.4 Å². The molecule has 0 aliphatic carbocycles. The lowest BCUT2D eigenvalue weighted by atomic mass is 10.2. The largest absolute Gasteiger partial charge is 0.497 e. The molecule has 6 heteroatoms. The molecule has 0 atom stereocenters. The second kappa shape index (κ2) is 8.71. The number of rotatable bonds is 7. The minimum Gasteiger partial charge on any atom is -0.497 e. The predicted molar refractivity (Wildman–Crippen MR) is 106 cm³/mol. The zero-order valence-electron chi connectivity index (χ0n) is 15.2. The number of pyridine rings is 1. The van der Waals surface area contributed by atoms with Gasteiger partial charge in [-0.2, -0.15) is 0 Å². The summed E-state index contributed by atoms with van der Waals surface area (Å²) < 4.78 is 10.4. The van der Waals surface area contributed by atoms with Crippen molar-refractivity contribution in [3.63, 3.8) is 0 Å². The maximum Gasteiger partial charge on any atom is 0.257 e. The van der Waals surface area contributed by atoms with Gasteiger partial charge in [0.15, 0.2) is 0 Å². The number of benzene rings is 2. The quantitative estimate of drug-likeness (QED) is 0.665. The molecule has 0 fully saturated rings. The van der Waals surface area contributed by atoms with Crippen molar-refractivity contribution in [3.8, 4) is 11.5 Å². The Morgan fingerprint density at radius 2 is 1.67 bits per heavy atom. The third-order valence-electron chi connectivity index (χ3n) is 3.96. The summed E-state index contributed by atoms with van der Waals surface area (Å²) in [5.41, 5.74) is 2.49. The zero-order valence-corrected chi connectivity index (χ0v) is 15.2. The van der Waals surface area contributed by atoms with Crippen molar-refractivity contribution < 1.29 is 14.3 Å². The average molecular weight is 363 g/mol. The predicted octanol–water partition coefficient (Wildman–Crippen LogP) is 3.96. The molecule has 1 heterocycles. The molecule has 138 valence electrons. The summed E-state index contributed by atoms with van der Waals surface area (Å²) in [5, 5.41) is 6.07. The molecule has 0 radical (unpaired) electrons. The lowest BCUT2D eigenvalue weighted by molar-refractivity contribution is 0.102. The van der Waals surface area contributed by atoms with Crippen LogP contribution in [0.1, 0.15) is 15.9 Å².